The largest absolute Gasteiger partial charge is 0.479 e. The maximum Gasteiger partial charge on any atom is 0.338 e. The van der Waals surface area contributed by atoms with Gasteiger partial charge in [-0.05, 0) is 6.92 Å². The van der Waals surface area contributed by atoms with E-state index in [4.69, 9.17) is 30.6 Å². The number of carboxylic acid groups (broad SMARTS) is 2. The molecular formula is C7H12O8. The van der Waals surface area contributed by atoms with Crippen molar-refractivity contribution in [2.45, 2.75) is 30.8 Å². The number of rotatable bonds is 5. The van der Waals surface area contributed by atoms with E-state index in [9.17, 15) is 9.59 Å². The smallest absolute Gasteiger partial charge is 0.338 e. The lowest BCUT2D eigenvalue weighted by Crippen LogP contribution is -2.56. The maximum atomic E-state index is 10.4. The lowest BCUT2D eigenvalue weighted by atomic mass is 9.92. The highest BCUT2D eigenvalue weighted by Gasteiger charge is 2.46. The molecule has 0 unspecified atom stereocenters. The number of aliphatic carboxylic acids is 2. The van der Waals surface area contributed by atoms with Crippen LogP contribution in [0.1, 0.15) is 6.92 Å². The highest BCUT2D eigenvalue weighted by atomic mass is 16.4. The molecule has 0 aliphatic heterocycles. The van der Waals surface area contributed by atoms with E-state index in [1.165, 1.54) is 0 Å². The van der Waals surface area contributed by atoms with Gasteiger partial charge in [0.2, 0.25) is 0 Å². The van der Waals surface area contributed by atoms with Crippen LogP contribution in [-0.4, -0.2) is 66.5 Å². The molecule has 0 spiro atoms. The quantitative estimate of drug-likeness (QED) is 0.288. The molecule has 88 valence electrons. The number of carbonyl (C=O) groups is 2. The Morgan fingerprint density at radius 1 is 1.13 bits per heavy atom. The zero-order chi connectivity index (χ0) is 12.4. The van der Waals surface area contributed by atoms with Crippen molar-refractivity contribution in [2.24, 2.45) is 0 Å². The van der Waals surface area contributed by atoms with Crippen molar-refractivity contribution in [3.05, 3.63) is 0 Å². The molecule has 8 nitrogen and oxygen atoms in total. The van der Waals surface area contributed by atoms with Crippen molar-refractivity contribution >= 4 is 11.9 Å². The van der Waals surface area contributed by atoms with Crippen molar-refractivity contribution < 1.29 is 40.2 Å². The minimum Gasteiger partial charge on any atom is -0.479 e. The van der Waals surface area contributed by atoms with Crippen LogP contribution >= 0.6 is 0 Å². The molecule has 0 saturated heterocycles. The van der Waals surface area contributed by atoms with Crippen LogP contribution in [0.4, 0.5) is 0 Å². The topological polar surface area (TPSA) is 156 Å². The predicted octanol–water partition coefficient (Wildman–Crippen LogP) is -3.01. The molecule has 0 fully saturated rings. The first kappa shape index (κ1) is 13.8. The molecule has 15 heavy (non-hydrogen) atoms. The van der Waals surface area contributed by atoms with Crippen LogP contribution in [0, 0.1) is 0 Å². The fourth-order valence-corrected chi connectivity index (χ4v) is 0.778. The zero-order valence-electron chi connectivity index (χ0n) is 7.73. The highest BCUT2D eigenvalue weighted by Crippen LogP contribution is 2.16. The third-order valence-electron chi connectivity index (χ3n) is 1.91. The van der Waals surface area contributed by atoms with Gasteiger partial charge in [-0.25, -0.2) is 9.59 Å². The minimum absolute atomic E-state index is 0.664. The van der Waals surface area contributed by atoms with E-state index in [0.717, 1.165) is 0 Å². The van der Waals surface area contributed by atoms with E-state index in [1.807, 2.05) is 0 Å². The van der Waals surface area contributed by atoms with Gasteiger partial charge >= 0.3 is 11.9 Å². The van der Waals surface area contributed by atoms with E-state index < -0.39 is 35.9 Å². The SMILES string of the molecule is C[C@](O)(C(=O)O)[C@@H](O)[C@@H](O)[C@H](O)C(=O)O. The average Bonchev–Trinajstić information content (AvgIpc) is 2.13. The van der Waals surface area contributed by atoms with Gasteiger partial charge in [0.1, 0.15) is 12.2 Å². The second-order valence-electron chi connectivity index (χ2n) is 3.17. The molecule has 0 heterocycles. The van der Waals surface area contributed by atoms with Crippen molar-refractivity contribution in [3.8, 4) is 0 Å². The van der Waals surface area contributed by atoms with Gasteiger partial charge in [-0.3, -0.25) is 0 Å². The molecule has 6 N–H and O–H groups in total. The number of hydrogen-bond donors (Lipinski definition) is 6. The summed E-state index contributed by atoms with van der Waals surface area (Å²) >= 11 is 0. The summed E-state index contributed by atoms with van der Waals surface area (Å²) in [7, 11) is 0. The number of aliphatic hydroxyl groups is 4. The third-order valence-corrected chi connectivity index (χ3v) is 1.91. The Kier molecular flexibility index (Phi) is 4.16. The molecule has 0 aromatic carbocycles. The fraction of sp³-hybridized carbons (Fsp3) is 0.714. The number of hydrogen-bond acceptors (Lipinski definition) is 6. The van der Waals surface area contributed by atoms with Crippen molar-refractivity contribution in [2.75, 3.05) is 0 Å². The lowest BCUT2D eigenvalue weighted by Gasteiger charge is -2.29. The van der Waals surface area contributed by atoms with Crippen molar-refractivity contribution in [1.82, 2.24) is 0 Å². The summed E-state index contributed by atoms with van der Waals surface area (Å²) < 4.78 is 0. The normalized spacial score (nSPS) is 21.1. The average molecular weight is 224 g/mol. The third kappa shape index (κ3) is 2.86. The maximum absolute atomic E-state index is 10.4. The Morgan fingerprint density at radius 2 is 1.53 bits per heavy atom. The first-order chi connectivity index (χ1) is 6.62. The van der Waals surface area contributed by atoms with Crippen molar-refractivity contribution in [1.29, 1.82) is 0 Å². The molecule has 8 heteroatoms. The Bertz CT molecular complexity index is 260. The molecule has 0 rings (SSSR count). The summed E-state index contributed by atoms with van der Waals surface area (Å²) in [5.74, 6) is -3.70. The van der Waals surface area contributed by atoms with Gasteiger partial charge in [0.25, 0.3) is 0 Å². The molecule has 0 aliphatic rings. The second kappa shape index (κ2) is 4.53. The standard InChI is InChI=1S/C7H12O8/c1-7(15,6(13)14)4(10)2(8)3(9)5(11)12/h2-4,8-10,15H,1H3,(H,11,12)(H,13,14)/t2-,3-,4-,7+/m0/s1. The lowest BCUT2D eigenvalue weighted by molar-refractivity contribution is -0.190. The van der Waals surface area contributed by atoms with E-state index in [2.05, 4.69) is 0 Å². The highest BCUT2D eigenvalue weighted by molar-refractivity contribution is 5.78. The molecule has 0 aliphatic carbocycles. The van der Waals surface area contributed by atoms with Crippen LogP contribution in [-0.2, 0) is 9.59 Å². The van der Waals surface area contributed by atoms with Crippen molar-refractivity contribution in [3.63, 3.8) is 0 Å². The summed E-state index contributed by atoms with van der Waals surface area (Å²) in [4.78, 5) is 20.6. The van der Waals surface area contributed by atoms with Gasteiger partial charge < -0.3 is 30.6 Å². The first-order valence-corrected chi connectivity index (χ1v) is 3.85. The molecule has 4 atom stereocenters. The molecule has 0 bridgehead atoms. The molecule has 0 aromatic rings. The van der Waals surface area contributed by atoms with Crippen LogP contribution in [0.3, 0.4) is 0 Å². The minimum atomic E-state index is -2.75. The van der Waals surface area contributed by atoms with Crippen LogP contribution in [0.5, 0.6) is 0 Å². The van der Waals surface area contributed by atoms with Gasteiger partial charge in [-0.2, -0.15) is 0 Å². The number of aliphatic hydroxyl groups excluding tert-OH is 3. The summed E-state index contributed by atoms with van der Waals surface area (Å²) in [6.45, 7) is 0.664. The zero-order valence-corrected chi connectivity index (χ0v) is 7.73. The summed E-state index contributed by atoms with van der Waals surface area (Å²) in [5, 5.41) is 52.8. The van der Waals surface area contributed by atoms with E-state index in [-0.39, 0.29) is 0 Å². The molecule has 0 amide bonds. The van der Waals surface area contributed by atoms with Gasteiger partial charge in [0.15, 0.2) is 11.7 Å². The van der Waals surface area contributed by atoms with Crippen LogP contribution in [0.15, 0.2) is 0 Å². The van der Waals surface area contributed by atoms with E-state index in [0.29, 0.717) is 6.92 Å². The summed E-state index contributed by atoms with van der Waals surface area (Å²) in [6.07, 6.45) is -7.03. The monoisotopic (exact) mass is 224 g/mol. The van der Waals surface area contributed by atoms with Gasteiger partial charge in [-0.1, -0.05) is 0 Å². The van der Waals surface area contributed by atoms with Gasteiger partial charge in [0.05, 0.1) is 0 Å². The molecular weight excluding hydrogens is 212 g/mol. The van der Waals surface area contributed by atoms with Gasteiger partial charge in [0, 0.05) is 0 Å². The summed E-state index contributed by atoms with van der Waals surface area (Å²) in [5.41, 5.74) is -2.75. The second-order valence-corrected chi connectivity index (χ2v) is 3.17. The fourth-order valence-electron chi connectivity index (χ4n) is 0.778. The first-order valence-electron chi connectivity index (χ1n) is 3.85. The van der Waals surface area contributed by atoms with Gasteiger partial charge in [-0.15, -0.1) is 0 Å². The number of carboxylic acids is 2. The van der Waals surface area contributed by atoms with E-state index in [1.54, 1.807) is 0 Å². The van der Waals surface area contributed by atoms with Crippen LogP contribution in [0.2, 0.25) is 0 Å². The van der Waals surface area contributed by atoms with Crippen LogP contribution in [0.25, 0.3) is 0 Å². The Morgan fingerprint density at radius 3 is 1.80 bits per heavy atom. The molecule has 0 aromatic heterocycles. The Balaban J connectivity index is 4.78. The molecule has 0 saturated carbocycles. The van der Waals surface area contributed by atoms with E-state index >= 15 is 0 Å². The molecule has 0 radical (unpaired) electrons. The van der Waals surface area contributed by atoms with Crippen LogP contribution < -0.4 is 0 Å². The Hall–Kier alpha value is -1.22. The predicted molar refractivity (Wildman–Crippen MR) is 43.9 cm³/mol. The Labute approximate surface area is 84.0 Å². The summed E-state index contributed by atoms with van der Waals surface area (Å²) in [6, 6.07) is 0.